The van der Waals surface area contributed by atoms with Gasteiger partial charge in [0.15, 0.2) is 0 Å². The molecule has 0 unspecified atom stereocenters. The van der Waals surface area contributed by atoms with Crippen molar-refractivity contribution in [1.82, 2.24) is 0 Å². The molecule has 0 saturated heterocycles. The molecule has 1 aliphatic rings. The van der Waals surface area contributed by atoms with Crippen LogP contribution in [0.5, 0.6) is 0 Å². The van der Waals surface area contributed by atoms with Crippen LogP contribution >= 0.6 is 35.6 Å². The highest BCUT2D eigenvalue weighted by molar-refractivity contribution is 6.35. The quantitative estimate of drug-likeness (QED) is 0.852. The van der Waals surface area contributed by atoms with Crippen LogP contribution in [-0.2, 0) is 0 Å². The van der Waals surface area contributed by atoms with Gasteiger partial charge in [0, 0.05) is 16.1 Å². The van der Waals surface area contributed by atoms with Crippen LogP contribution in [0, 0.1) is 5.92 Å². The van der Waals surface area contributed by atoms with Gasteiger partial charge in [0.25, 0.3) is 0 Å². The Balaban J connectivity index is 0.00000112. The van der Waals surface area contributed by atoms with E-state index in [2.05, 4.69) is 0 Å². The van der Waals surface area contributed by atoms with Crippen molar-refractivity contribution in [3.8, 4) is 0 Å². The summed E-state index contributed by atoms with van der Waals surface area (Å²) in [5, 5.41) is 1.36. The van der Waals surface area contributed by atoms with E-state index < -0.39 is 0 Å². The third kappa shape index (κ3) is 2.79. The Kier molecular flexibility index (Phi) is 4.72. The molecule has 0 bridgehead atoms. The van der Waals surface area contributed by atoms with Gasteiger partial charge in [-0.1, -0.05) is 35.7 Å². The predicted octanol–water partition coefficient (Wildman–Crippen LogP) is 4.22. The van der Waals surface area contributed by atoms with E-state index in [0.717, 1.165) is 5.56 Å². The molecule has 0 aromatic heterocycles. The van der Waals surface area contributed by atoms with Crippen LogP contribution in [0.2, 0.25) is 10.0 Å². The summed E-state index contributed by atoms with van der Waals surface area (Å²) in [5.41, 5.74) is 7.15. The zero-order chi connectivity index (χ0) is 10.1. The summed E-state index contributed by atoms with van der Waals surface area (Å²) in [6.07, 6.45) is 3.74. The molecule has 1 atom stereocenters. The normalized spacial score (nSPS) is 17.8. The van der Waals surface area contributed by atoms with Gasteiger partial charge in [-0.3, -0.25) is 0 Å². The van der Waals surface area contributed by atoms with Crippen molar-refractivity contribution < 1.29 is 0 Å². The maximum Gasteiger partial charge on any atom is 0.0468 e. The molecule has 1 saturated carbocycles. The van der Waals surface area contributed by atoms with Gasteiger partial charge in [-0.15, -0.1) is 12.4 Å². The van der Waals surface area contributed by atoms with Gasteiger partial charge >= 0.3 is 0 Å². The van der Waals surface area contributed by atoms with Gasteiger partial charge < -0.3 is 5.73 Å². The van der Waals surface area contributed by atoms with Crippen LogP contribution in [0.15, 0.2) is 18.2 Å². The number of hydrogen-bond donors (Lipinski definition) is 1. The van der Waals surface area contributed by atoms with Crippen LogP contribution in [0.3, 0.4) is 0 Å². The topological polar surface area (TPSA) is 26.0 Å². The lowest BCUT2D eigenvalue weighted by atomic mass is 9.77. The molecule has 84 valence electrons. The minimum absolute atomic E-state index is 0. The van der Waals surface area contributed by atoms with Crippen molar-refractivity contribution in [2.75, 3.05) is 0 Å². The average Bonchev–Trinajstić information content (AvgIpc) is 2.00. The summed E-state index contributed by atoms with van der Waals surface area (Å²) in [7, 11) is 0. The molecule has 1 aromatic rings. The molecular formula is C11H14Cl3N. The largest absolute Gasteiger partial charge is 0.324 e. The summed E-state index contributed by atoms with van der Waals surface area (Å²) in [6.45, 7) is 0. The Morgan fingerprint density at radius 1 is 1.27 bits per heavy atom. The third-order valence-corrected chi connectivity index (χ3v) is 3.54. The first-order valence-electron chi connectivity index (χ1n) is 4.89. The van der Waals surface area contributed by atoms with Crippen molar-refractivity contribution >= 4 is 35.6 Å². The summed E-state index contributed by atoms with van der Waals surface area (Å²) in [5.74, 6) is 0.605. The second-order valence-corrected chi connectivity index (χ2v) is 4.73. The van der Waals surface area contributed by atoms with Crippen LogP contribution in [0.1, 0.15) is 30.9 Å². The Labute approximate surface area is 106 Å². The Morgan fingerprint density at radius 3 is 2.40 bits per heavy atom. The van der Waals surface area contributed by atoms with Crippen LogP contribution in [0.4, 0.5) is 0 Å². The number of halogens is 3. The van der Waals surface area contributed by atoms with E-state index in [4.69, 9.17) is 28.9 Å². The van der Waals surface area contributed by atoms with Crippen molar-refractivity contribution in [1.29, 1.82) is 0 Å². The third-order valence-electron chi connectivity index (χ3n) is 2.98. The minimum Gasteiger partial charge on any atom is -0.324 e. The van der Waals surface area contributed by atoms with E-state index in [9.17, 15) is 0 Å². The lowest BCUT2D eigenvalue weighted by Crippen LogP contribution is -2.27. The Bertz CT molecular complexity index is 337. The van der Waals surface area contributed by atoms with Crippen LogP contribution in [0.25, 0.3) is 0 Å². The van der Waals surface area contributed by atoms with Crippen molar-refractivity contribution in [2.24, 2.45) is 11.7 Å². The first-order chi connectivity index (χ1) is 6.68. The maximum atomic E-state index is 6.12. The van der Waals surface area contributed by atoms with Crippen molar-refractivity contribution in [3.05, 3.63) is 33.8 Å². The van der Waals surface area contributed by atoms with Crippen LogP contribution in [-0.4, -0.2) is 0 Å². The standard InChI is InChI=1S/C11H13Cl2N.ClH/c12-8-4-5-9(10(13)6-8)11(14)7-2-1-3-7;/h4-7,11H,1-3,14H2;1H/t11-;/m1./s1. The molecular weight excluding hydrogens is 252 g/mol. The average molecular weight is 267 g/mol. The SMILES string of the molecule is Cl.N[C@@H](c1ccc(Cl)cc1Cl)C1CCC1. The van der Waals surface area contributed by atoms with Gasteiger partial charge in [-0.25, -0.2) is 0 Å². The van der Waals surface area contributed by atoms with Gasteiger partial charge in [-0.2, -0.15) is 0 Å². The van der Waals surface area contributed by atoms with Crippen molar-refractivity contribution in [2.45, 2.75) is 25.3 Å². The van der Waals surface area contributed by atoms with Gasteiger partial charge in [0.1, 0.15) is 0 Å². The molecule has 4 heteroatoms. The van der Waals surface area contributed by atoms with Crippen LogP contribution < -0.4 is 5.73 Å². The van der Waals surface area contributed by atoms with E-state index >= 15 is 0 Å². The van der Waals surface area contributed by atoms with Gasteiger partial charge in [0.05, 0.1) is 0 Å². The summed E-state index contributed by atoms with van der Waals surface area (Å²) >= 11 is 11.9. The second kappa shape index (κ2) is 5.40. The maximum absolute atomic E-state index is 6.12. The smallest absolute Gasteiger partial charge is 0.0468 e. The van der Waals surface area contributed by atoms with E-state index in [1.165, 1.54) is 19.3 Å². The Hall–Kier alpha value is 0.0500. The molecule has 1 nitrogen and oxygen atoms in total. The van der Waals surface area contributed by atoms with E-state index in [-0.39, 0.29) is 18.4 Å². The molecule has 0 radical (unpaired) electrons. The molecule has 15 heavy (non-hydrogen) atoms. The molecule has 2 N–H and O–H groups in total. The number of nitrogens with two attached hydrogens (primary N) is 1. The highest BCUT2D eigenvalue weighted by atomic mass is 35.5. The molecule has 0 spiro atoms. The van der Waals surface area contributed by atoms with E-state index in [1.54, 1.807) is 6.07 Å². The molecule has 1 fully saturated rings. The fourth-order valence-electron chi connectivity index (χ4n) is 1.82. The monoisotopic (exact) mass is 265 g/mol. The molecule has 1 aromatic carbocycles. The molecule has 2 rings (SSSR count). The van der Waals surface area contributed by atoms with Gasteiger partial charge in [-0.05, 0) is 36.5 Å². The number of benzene rings is 1. The van der Waals surface area contributed by atoms with Crippen molar-refractivity contribution in [3.63, 3.8) is 0 Å². The highest BCUT2D eigenvalue weighted by Crippen LogP contribution is 2.38. The first kappa shape index (κ1) is 13.1. The molecule has 1 aliphatic carbocycles. The highest BCUT2D eigenvalue weighted by Gasteiger charge is 2.26. The van der Waals surface area contributed by atoms with E-state index in [0.29, 0.717) is 16.0 Å². The summed E-state index contributed by atoms with van der Waals surface area (Å²) in [6, 6.07) is 5.62. The summed E-state index contributed by atoms with van der Waals surface area (Å²) in [4.78, 5) is 0. The first-order valence-corrected chi connectivity index (χ1v) is 5.64. The van der Waals surface area contributed by atoms with E-state index in [1.807, 2.05) is 12.1 Å². The predicted molar refractivity (Wildman–Crippen MR) is 68.0 cm³/mol. The fraction of sp³-hybridized carbons (Fsp3) is 0.455. The zero-order valence-corrected chi connectivity index (χ0v) is 10.6. The lowest BCUT2D eigenvalue weighted by molar-refractivity contribution is 0.264. The summed E-state index contributed by atoms with van der Waals surface area (Å²) < 4.78 is 0. The minimum atomic E-state index is 0. The molecule has 0 aliphatic heterocycles. The molecule has 0 amide bonds. The Morgan fingerprint density at radius 2 is 1.93 bits per heavy atom. The van der Waals surface area contributed by atoms with Gasteiger partial charge in [0.2, 0.25) is 0 Å². The fourth-order valence-corrected chi connectivity index (χ4v) is 2.36. The molecule has 0 heterocycles. The number of hydrogen-bond acceptors (Lipinski definition) is 1. The number of rotatable bonds is 2. The zero-order valence-electron chi connectivity index (χ0n) is 8.25. The lowest BCUT2D eigenvalue weighted by Gasteiger charge is -2.31. The second-order valence-electron chi connectivity index (χ2n) is 3.88.